The number of carbonyl (C=O) groups is 1. The number of benzene rings is 1. The molecule has 4 rings (SSSR count). The van der Waals surface area contributed by atoms with Gasteiger partial charge in [-0.25, -0.2) is 4.98 Å². The van der Waals surface area contributed by atoms with Crippen molar-refractivity contribution >= 4 is 27.5 Å². The number of carbonyl (C=O) groups excluding carboxylic acids is 1. The van der Waals surface area contributed by atoms with Gasteiger partial charge in [0, 0.05) is 50.9 Å². The molecule has 1 amide bonds. The van der Waals surface area contributed by atoms with E-state index in [0.717, 1.165) is 43.1 Å². The van der Waals surface area contributed by atoms with Gasteiger partial charge in [0.25, 0.3) is 0 Å². The minimum absolute atomic E-state index is 0.241. The Morgan fingerprint density at radius 2 is 2.00 bits per heavy atom. The molecule has 0 spiro atoms. The summed E-state index contributed by atoms with van der Waals surface area (Å²) in [4.78, 5) is 25.6. The van der Waals surface area contributed by atoms with Gasteiger partial charge >= 0.3 is 0 Å². The maximum atomic E-state index is 12.5. The van der Waals surface area contributed by atoms with Gasteiger partial charge in [0.1, 0.15) is 0 Å². The lowest BCUT2D eigenvalue weighted by molar-refractivity contribution is -0.138. The molecule has 0 unspecified atom stereocenters. The molecule has 6 heteroatoms. The number of pyridine rings is 1. The van der Waals surface area contributed by atoms with Crippen molar-refractivity contribution in [3.05, 3.63) is 59.4 Å². The van der Waals surface area contributed by atoms with Gasteiger partial charge in [0.05, 0.1) is 15.2 Å². The first kappa shape index (κ1) is 18.1. The Hall–Kier alpha value is -2.31. The van der Waals surface area contributed by atoms with Crippen LogP contribution in [0.15, 0.2) is 48.8 Å². The van der Waals surface area contributed by atoms with Crippen molar-refractivity contribution in [2.24, 2.45) is 0 Å². The fourth-order valence-corrected chi connectivity index (χ4v) is 4.48. The number of aryl methyl sites for hydroxylation is 1. The summed E-state index contributed by atoms with van der Waals surface area (Å²) in [6, 6.07) is 12.7. The highest BCUT2D eigenvalue weighted by Gasteiger charge is 2.33. The van der Waals surface area contributed by atoms with E-state index in [1.54, 1.807) is 11.3 Å². The summed E-state index contributed by atoms with van der Waals surface area (Å²) >= 11 is 1.69. The molecule has 140 valence electrons. The predicted molar refractivity (Wildman–Crippen MR) is 109 cm³/mol. The van der Waals surface area contributed by atoms with Gasteiger partial charge in [-0.3, -0.25) is 14.7 Å². The standard InChI is InChI=1S/C21H24N4OS/c1-2-24(13-16-9-11-22-12-10-16)17-14-25(15-17)21(26)8-7-20-23-18-5-3-4-6-19(18)27-20/h3-6,9-12,17H,2,7-8,13-15H2,1H3. The number of hydrogen-bond acceptors (Lipinski definition) is 5. The summed E-state index contributed by atoms with van der Waals surface area (Å²) in [5.41, 5.74) is 2.30. The van der Waals surface area contributed by atoms with E-state index in [1.165, 1.54) is 10.3 Å². The zero-order valence-corrected chi connectivity index (χ0v) is 16.4. The van der Waals surface area contributed by atoms with Crippen LogP contribution in [0.25, 0.3) is 10.2 Å². The van der Waals surface area contributed by atoms with Crippen LogP contribution in [0.1, 0.15) is 23.9 Å². The van der Waals surface area contributed by atoms with E-state index in [0.29, 0.717) is 12.5 Å². The first-order valence-electron chi connectivity index (χ1n) is 9.48. The quantitative estimate of drug-likeness (QED) is 0.631. The Bertz CT molecular complexity index is 872. The van der Waals surface area contributed by atoms with Crippen LogP contribution in [0, 0.1) is 0 Å². The minimum atomic E-state index is 0.241. The number of aromatic nitrogens is 2. The molecular formula is C21H24N4OS. The molecule has 0 aliphatic carbocycles. The van der Waals surface area contributed by atoms with E-state index >= 15 is 0 Å². The fourth-order valence-electron chi connectivity index (χ4n) is 3.51. The van der Waals surface area contributed by atoms with Gasteiger partial charge in [-0.1, -0.05) is 19.1 Å². The van der Waals surface area contributed by atoms with E-state index in [1.807, 2.05) is 35.5 Å². The number of nitrogens with zero attached hydrogens (tertiary/aromatic N) is 4. The van der Waals surface area contributed by atoms with Gasteiger partial charge in [-0.2, -0.15) is 0 Å². The van der Waals surface area contributed by atoms with Crippen molar-refractivity contribution in [2.75, 3.05) is 19.6 Å². The number of fused-ring (bicyclic) bond motifs is 1. The molecule has 1 aromatic carbocycles. The van der Waals surface area contributed by atoms with Crippen LogP contribution < -0.4 is 0 Å². The van der Waals surface area contributed by atoms with E-state index in [-0.39, 0.29) is 5.91 Å². The molecule has 1 aliphatic rings. The van der Waals surface area contributed by atoms with Crippen LogP contribution in [-0.4, -0.2) is 51.4 Å². The van der Waals surface area contributed by atoms with Gasteiger partial charge in [-0.05, 0) is 36.4 Å². The van der Waals surface area contributed by atoms with Crippen LogP contribution in [0.5, 0.6) is 0 Å². The van der Waals surface area contributed by atoms with Crippen molar-refractivity contribution in [3.8, 4) is 0 Å². The average molecular weight is 381 g/mol. The van der Waals surface area contributed by atoms with Gasteiger partial charge in [0.2, 0.25) is 5.91 Å². The maximum Gasteiger partial charge on any atom is 0.223 e. The second kappa shape index (κ2) is 8.15. The Morgan fingerprint density at radius 1 is 1.22 bits per heavy atom. The van der Waals surface area contributed by atoms with Gasteiger partial charge in [-0.15, -0.1) is 11.3 Å². The summed E-state index contributed by atoms with van der Waals surface area (Å²) in [6.45, 7) is 5.74. The molecule has 3 heterocycles. The first-order valence-corrected chi connectivity index (χ1v) is 10.3. The molecule has 0 radical (unpaired) electrons. The average Bonchev–Trinajstić information content (AvgIpc) is 3.08. The number of likely N-dealkylation sites (tertiary alicyclic amines) is 1. The molecule has 5 nitrogen and oxygen atoms in total. The van der Waals surface area contributed by atoms with E-state index in [9.17, 15) is 4.79 Å². The molecular weight excluding hydrogens is 356 g/mol. The van der Waals surface area contributed by atoms with Gasteiger partial charge < -0.3 is 4.90 Å². The summed E-state index contributed by atoms with van der Waals surface area (Å²) in [7, 11) is 0. The molecule has 1 aliphatic heterocycles. The summed E-state index contributed by atoms with van der Waals surface area (Å²) in [5.74, 6) is 0.241. The Labute approximate surface area is 163 Å². The highest BCUT2D eigenvalue weighted by Crippen LogP contribution is 2.23. The van der Waals surface area contributed by atoms with Crippen LogP contribution in [-0.2, 0) is 17.8 Å². The number of para-hydroxylation sites is 1. The first-order chi connectivity index (χ1) is 13.2. The number of amides is 1. The maximum absolute atomic E-state index is 12.5. The van der Waals surface area contributed by atoms with Crippen LogP contribution in [0.2, 0.25) is 0 Å². The van der Waals surface area contributed by atoms with Crippen LogP contribution in [0.3, 0.4) is 0 Å². The third-order valence-electron chi connectivity index (χ3n) is 5.16. The van der Waals surface area contributed by atoms with Crippen LogP contribution >= 0.6 is 11.3 Å². The number of hydrogen-bond donors (Lipinski definition) is 0. The minimum Gasteiger partial charge on any atom is -0.339 e. The molecule has 0 saturated carbocycles. The second-order valence-corrected chi connectivity index (χ2v) is 8.06. The monoisotopic (exact) mass is 380 g/mol. The Balaban J connectivity index is 1.26. The molecule has 0 bridgehead atoms. The number of rotatable bonds is 7. The summed E-state index contributed by atoms with van der Waals surface area (Å²) < 4.78 is 1.19. The lowest BCUT2D eigenvalue weighted by atomic mass is 10.0. The van der Waals surface area contributed by atoms with Crippen molar-refractivity contribution in [1.82, 2.24) is 19.8 Å². The lowest BCUT2D eigenvalue weighted by Gasteiger charge is -2.45. The smallest absolute Gasteiger partial charge is 0.223 e. The van der Waals surface area contributed by atoms with Gasteiger partial charge in [0.15, 0.2) is 0 Å². The van der Waals surface area contributed by atoms with Crippen molar-refractivity contribution in [3.63, 3.8) is 0 Å². The largest absolute Gasteiger partial charge is 0.339 e. The fraction of sp³-hybridized carbons (Fsp3) is 0.381. The lowest BCUT2D eigenvalue weighted by Crippen LogP contribution is -2.60. The molecule has 27 heavy (non-hydrogen) atoms. The third kappa shape index (κ3) is 4.17. The van der Waals surface area contributed by atoms with Crippen LogP contribution in [0.4, 0.5) is 0 Å². The SMILES string of the molecule is CCN(Cc1ccncc1)C1CN(C(=O)CCc2nc3ccccc3s2)C1. The molecule has 1 saturated heterocycles. The van der Waals surface area contributed by atoms with Crippen molar-refractivity contribution in [1.29, 1.82) is 0 Å². The summed E-state index contributed by atoms with van der Waals surface area (Å²) in [6.07, 6.45) is 4.94. The summed E-state index contributed by atoms with van der Waals surface area (Å²) in [5, 5.41) is 1.05. The second-order valence-electron chi connectivity index (χ2n) is 6.95. The Kier molecular flexibility index (Phi) is 5.45. The zero-order chi connectivity index (χ0) is 18.6. The number of likely N-dealkylation sites (N-methyl/N-ethyl adjacent to an activating group) is 1. The number of thiazole rings is 1. The molecule has 3 aromatic rings. The van der Waals surface area contributed by atoms with E-state index in [4.69, 9.17) is 0 Å². The highest BCUT2D eigenvalue weighted by atomic mass is 32.1. The molecule has 1 fully saturated rings. The third-order valence-corrected chi connectivity index (χ3v) is 6.26. The molecule has 0 atom stereocenters. The van der Waals surface area contributed by atoms with E-state index in [2.05, 4.69) is 40.0 Å². The predicted octanol–water partition coefficient (Wildman–Crippen LogP) is 3.36. The zero-order valence-electron chi connectivity index (χ0n) is 15.5. The topological polar surface area (TPSA) is 49.3 Å². The van der Waals surface area contributed by atoms with Crippen molar-refractivity contribution in [2.45, 2.75) is 32.4 Å². The van der Waals surface area contributed by atoms with Crippen molar-refractivity contribution < 1.29 is 4.79 Å². The highest BCUT2D eigenvalue weighted by molar-refractivity contribution is 7.18. The Morgan fingerprint density at radius 3 is 2.74 bits per heavy atom. The molecule has 0 N–H and O–H groups in total. The normalized spacial score (nSPS) is 14.7. The van der Waals surface area contributed by atoms with E-state index < -0.39 is 0 Å². The molecule has 2 aromatic heterocycles.